The van der Waals surface area contributed by atoms with Crippen LogP contribution < -0.4 is 14.8 Å². The predicted molar refractivity (Wildman–Crippen MR) is 78.6 cm³/mol. The molecule has 1 N–H and O–H groups in total. The second kappa shape index (κ2) is 6.49. The first-order valence-electron chi connectivity index (χ1n) is 6.86. The quantitative estimate of drug-likeness (QED) is 0.916. The van der Waals surface area contributed by atoms with Crippen LogP contribution in [0.3, 0.4) is 0 Å². The minimum absolute atomic E-state index is 0.106. The molecule has 1 saturated heterocycles. The Hall–Kier alpha value is -0.930. The van der Waals surface area contributed by atoms with Gasteiger partial charge in [0, 0.05) is 11.1 Å². The van der Waals surface area contributed by atoms with Crippen molar-refractivity contribution in [3.63, 3.8) is 0 Å². The molecule has 106 valence electrons. The average Bonchev–Trinajstić information content (AvgIpc) is 2.39. The number of nitrogens with one attached hydrogen (secondary N) is 1. The van der Waals surface area contributed by atoms with Crippen LogP contribution in [-0.4, -0.2) is 26.3 Å². The molecule has 1 aliphatic rings. The summed E-state index contributed by atoms with van der Waals surface area (Å²) in [6.07, 6.45) is 2.34. The summed E-state index contributed by atoms with van der Waals surface area (Å²) in [7, 11) is 1.67. The van der Waals surface area contributed by atoms with Gasteiger partial charge in [-0.05, 0) is 57.3 Å². The highest BCUT2D eigenvalue weighted by molar-refractivity contribution is 6.31. The minimum Gasteiger partial charge on any atom is -0.493 e. The maximum Gasteiger partial charge on any atom is 0.163 e. The summed E-state index contributed by atoms with van der Waals surface area (Å²) >= 11 is 6.42. The van der Waals surface area contributed by atoms with E-state index in [1.165, 1.54) is 5.56 Å². The Morgan fingerprint density at radius 1 is 1.21 bits per heavy atom. The number of ether oxygens (including phenoxy) is 2. The number of piperidine rings is 1. The third-order valence-electron chi connectivity index (χ3n) is 3.42. The fraction of sp³-hybridized carbons (Fsp3) is 0.600. The maximum atomic E-state index is 6.42. The van der Waals surface area contributed by atoms with E-state index < -0.39 is 0 Å². The smallest absolute Gasteiger partial charge is 0.163 e. The van der Waals surface area contributed by atoms with Crippen LogP contribution in [0.25, 0.3) is 0 Å². The molecular formula is C15H22ClNO2. The first-order chi connectivity index (χ1) is 9.11. The highest BCUT2D eigenvalue weighted by atomic mass is 35.5. The molecule has 1 aromatic rings. The lowest BCUT2D eigenvalue weighted by Crippen LogP contribution is -2.26. The van der Waals surface area contributed by atoms with E-state index in [1.807, 2.05) is 26.0 Å². The molecule has 0 bridgehead atoms. The highest BCUT2D eigenvalue weighted by Crippen LogP contribution is 2.39. The van der Waals surface area contributed by atoms with E-state index in [4.69, 9.17) is 21.1 Å². The summed E-state index contributed by atoms with van der Waals surface area (Å²) in [4.78, 5) is 0. The molecule has 1 aromatic carbocycles. The molecule has 0 spiro atoms. The molecule has 1 heterocycles. The van der Waals surface area contributed by atoms with Crippen molar-refractivity contribution in [1.29, 1.82) is 0 Å². The van der Waals surface area contributed by atoms with Gasteiger partial charge in [-0.25, -0.2) is 0 Å². The van der Waals surface area contributed by atoms with Gasteiger partial charge in [-0.2, -0.15) is 0 Å². The zero-order valence-corrected chi connectivity index (χ0v) is 12.6. The van der Waals surface area contributed by atoms with Gasteiger partial charge in [0.25, 0.3) is 0 Å². The Balaban J connectivity index is 2.29. The molecule has 0 saturated carbocycles. The van der Waals surface area contributed by atoms with Crippen molar-refractivity contribution in [2.75, 3.05) is 20.2 Å². The van der Waals surface area contributed by atoms with E-state index in [1.54, 1.807) is 7.11 Å². The SMILES string of the molecule is COc1cc(C2CCNCC2)c(Cl)cc1OC(C)C. The van der Waals surface area contributed by atoms with Crippen LogP contribution in [0.2, 0.25) is 5.02 Å². The topological polar surface area (TPSA) is 30.5 Å². The van der Waals surface area contributed by atoms with Crippen LogP contribution >= 0.6 is 11.6 Å². The molecule has 1 aliphatic heterocycles. The first-order valence-corrected chi connectivity index (χ1v) is 7.24. The fourth-order valence-corrected chi connectivity index (χ4v) is 2.81. The number of halogens is 1. The molecule has 2 rings (SSSR count). The van der Waals surface area contributed by atoms with E-state index in [9.17, 15) is 0 Å². The van der Waals surface area contributed by atoms with E-state index in [0.29, 0.717) is 5.92 Å². The average molecular weight is 284 g/mol. The summed E-state index contributed by atoms with van der Waals surface area (Å²) < 4.78 is 11.2. The molecule has 0 radical (unpaired) electrons. The van der Waals surface area contributed by atoms with Crippen LogP contribution in [0.1, 0.15) is 38.2 Å². The molecule has 0 aromatic heterocycles. The number of rotatable bonds is 4. The first kappa shape index (κ1) is 14.5. The van der Waals surface area contributed by atoms with Gasteiger partial charge in [-0.3, -0.25) is 0 Å². The van der Waals surface area contributed by atoms with Crippen molar-refractivity contribution < 1.29 is 9.47 Å². The van der Waals surface area contributed by atoms with Crippen LogP contribution in [0.15, 0.2) is 12.1 Å². The Bertz CT molecular complexity index is 428. The summed E-state index contributed by atoms with van der Waals surface area (Å²) in [5.74, 6) is 2.00. The Labute approximate surface area is 120 Å². The van der Waals surface area contributed by atoms with Gasteiger partial charge >= 0.3 is 0 Å². The summed E-state index contributed by atoms with van der Waals surface area (Å²) in [6, 6.07) is 3.92. The standard InChI is InChI=1S/C15H22ClNO2/c1-10(2)19-15-9-13(16)12(8-14(15)18-3)11-4-6-17-7-5-11/h8-11,17H,4-7H2,1-3H3. The largest absolute Gasteiger partial charge is 0.493 e. The molecule has 0 atom stereocenters. The van der Waals surface area contributed by atoms with Crippen LogP contribution in [0.5, 0.6) is 11.5 Å². The summed E-state index contributed by atoms with van der Waals surface area (Å²) in [5, 5.41) is 4.15. The van der Waals surface area contributed by atoms with Gasteiger partial charge < -0.3 is 14.8 Å². The summed E-state index contributed by atoms with van der Waals surface area (Å²) in [5.41, 5.74) is 1.18. The van der Waals surface area contributed by atoms with Crippen LogP contribution in [-0.2, 0) is 0 Å². The van der Waals surface area contributed by atoms with Crippen molar-refractivity contribution in [3.8, 4) is 11.5 Å². The van der Waals surface area contributed by atoms with Crippen molar-refractivity contribution in [3.05, 3.63) is 22.7 Å². The molecule has 19 heavy (non-hydrogen) atoms. The second-order valence-corrected chi connectivity index (χ2v) is 5.62. The van der Waals surface area contributed by atoms with Crippen LogP contribution in [0.4, 0.5) is 0 Å². The van der Waals surface area contributed by atoms with Gasteiger partial charge in [0.15, 0.2) is 11.5 Å². The molecule has 4 heteroatoms. The normalized spacial score (nSPS) is 16.7. The molecule has 0 aliphatic carbocycles. The molecule has 0 amide bonds. The van der Waals surface area contributed by atoms with Gasteiger partial charge in [-0.15, -0.1) is 0 Å². The van der Waals surface area contributed by atoms with Crippen molar-refractivity contribution in [1.82, 2.24) is 5.32 Å². The van der Waals surface area contributed by atoms with Gasteiger partial charge in [-0.1, -0.05) is 11.6 Å². The molecule has 0 unspecified atom stereocenters. The third-order valence-corrected chi connectivity index (χ3v) is 3.75. The zero-order chi connectivity index (χ0) is 13.8. The molecular weight excluding hydrogens is 262 g/mol. The van der Waals surface area contributed by atoms with Gasteiger partial charge in [0.05, 0.1) is 13.2 Å². The van der Waals surface area contributed by atoms with E-state index in [2.05, 4.69) is 5.32 Å². The predicted octanol–water partition coefficient (Wildman–Crippen LogP) is 3.60. The lowest BCUT2D eigenvalue weighted by atomic mass is 9.90. The number of methoxy groups -OCH3 is 1. The maximum absolute atomic E-state index is 6.42. The van der Waals surface area contributed by atoms with Crippen molar-refractivity contribution >= 4 is 11.6 Å². The Kier molecular flexibility index (Phi) is 4.94. The van der Waals surface area contributed by atoms with Crippen LogP contribution in [0, 0.1) is 0 Å². The number of hydrogen-bond acceptors (Lipinski definition) is 3. The molecule has 1 fully saturated rings. The Morgan fingerprint density at radius 3 is 2.47 bits per heavy atom. The van der Waals surface area contributed by atoms with E-state index in [0.717, 1.165) is 42.5 Å². The minimum atomic E-state index is 0.106. The second-order valence-electron chi connectivity index (χ2n) is 5.22. The van der Waals surface area contributed by atoms with Gasteiger partial charge in [0.2, 0.25) is 0 Å². The van der Waals surface area contributed by atoms with Crippen molar-refractivity contribution in [2.24, 2.45) is 0 Å². The van der Waals surface area contributed by atoms with E-state index in [-0.39, 0.29) is 6.10 Å². The Morgan fingerprint density at radius 2 is 1.89 bits per heavy atom. The van der Waals surface area contributed by atoms with E-state index >= 15 is 0 Å². The van der Waals surface area contributed by atoms with Gasteiger partial charge in [0.1, 0.15) is 0 Å². The lowest BCUT2D eigenvalue weighted by Gasteiger charge is -2.25. The van der Waals surface area contributed by atoms with Crippen molar-refractivity contribution in [2.45, 2.75) is 38.7 Å². The summed E-state index contributed by atoms with van der Waals surface area (Å²) in [6.45, 7) is 6.09. The lowest BCUT2D eigenvalue weighted by molar-refractivity contribution is 0.230. The highest BCUT2D eigenvalue weighted by Gasteiger charge is 2.20. The monoisotopic (exact) mass is 283 g/mol. The zero-order valence-electron chi connectivity index (χ0n) is 11.8. The fourth-order valence-electron chi connectivity index (χ4n) is 2.50. The number of benzene rings is 1. The third kappa shape index (κ3) is 3.54. The number of hydrogen-bond donors (Lipinski definition) is 1. The molecule has 3 nitrogen and oxygen atoms in total.